The lowest BCUT2D eigenvalue weighted by molar-refractivity contribution is 0.189. The van der Waals surface area contributed by atoms with Crippen molar-refractivity contribution in [3.05, 3.63) is 41.5 Å². The average Bonchev–Trinajstić information content (AvgIpc) is 3.17. The van der Waals surface area contributed by atoms with E-state index in [-0.39, 0.29) is 18.4 Å². The van der Waals surface area contributed by atoms with Gasteiger partial charge in [-0.2, -0.15) is 4.98 Å². The second-order valence-corrected chi connectivity index (χ2v) is 9.26. The van der Waals surface area contributed by atoms with Crippen molar-refractivity contribution in [1.82, 2.24) is 20.4 Å². The largest absolute Gasteiger partial charge is 0.484 e. The molecule has 2 aromatic rings. The van der Waals surface area contributed by atoms with Crippen LogP contribution in [0.5, 0.6) is 5.75 Å². The molecular formula is C18H25ClN4O2S2. The molecule has 2 fully saturated rings. The summed E-state index contributed by atoms with van der Waals surface area (Å²) < 4.78 is 11.7. The molecule has 1 atom stereocenters. The summed E-state index contributed by atoms with van der Waals surface area (Å²) in [5.41, 5.74) is 1.36. The second kappa shape index (κ2) is 10.0. The molecule has 0 spiro atoms. The first-order chi connectivity index (χ1) is 12.8. The third kappa shape index (κ3) is 5.32. The van der Waals surface area contributed by atoms with E-state index in [4.69, 9.17) is 9.26 Å². The van der Waals surface area contributed by atoms with Gasteiger partial charge >= 0.3 is 0 Å². The van der Waals surface area contributed by atoms with Crippen LogP contribution in [0.3, 0.4) is 0 Å². The number of ether oxygens (including phenoxy) is 1. The van der Waals surface area contributed by atoms with Gasteiger partial charge < -0.3 is 14.6 Å². The van der Waals surface area contributed by atoms with E-state index in [9.17, 15) is 0 Å². The van der Waals surface area contributed by atoms with Crippen molar-refractivity contribution in [2.75, 3.05) is 38.2 Å². The first-order valence-electron chi connectivity index (χ1n) is 8.99. The monoisotopic (exact) mass is 428 g/mol. The molecule has 0 radical (unpaired) electrons. The molecule has 0 amide bonds. The molecule has 2 saturated heterocycles. The van der Waals surface area contributed by atoms with E-state index >= 15 is 0 Å². The number of benzene rings is 1. The Balaban J connectivity index is 0.00000210. The normalized spacial score (nSPS) is 21.6. The maximum absolute atomic E-state index is 5.82. The molecule has 4 rings (SSSR count). The highest BCUT2D eigenvalue weighted by atomic mass is 35.5. The second-order valence-electron chi connectivity index (χ2n) is 6.53. The Kier molecular flexibility index (Phi) is 7.72. The zero-order valence-corrected chi connectivity index (χ0v) is 17.7. The number of aromatic nitrogens is 2. The van der Waals surface area contributed by atoms with Gasteiger partial charge in [-0.05, 0) is 42.7 Å². The fraction of sp³-hybridized carbons (Fsp3) is 0.556. The van der Waals surface area contributed by atoms with Crippen molar-refractivity contribution in [2.24, 2.45) is 0 Å². The molecule has 148 valence electrons. The van der Waals surface area contributed by atoms with Gasteiger partial charge in [-0.25, -0.2) is 0 Å². The molecular weight excluding hydrogens is 404 g/mol. The van der Waals surface area contributed by atoms with Crippen LogP contribution in [0.1, 0.15) is 34.3 Å². The molecule has 1 aromatic carbocycles. The highest BCUT2D eigenvalue weighted by Gasteiger charge is 2.25. The molecule has 6 nitrogen and oxygen atoms in total. The number of rotatable bonds is 5. The average molecular weight is 429 g/mol. The van der Waals surface area contributed by atoms with E-state index in [2.05, 4.69) is 39.5 Å². The topological polar surface area (TPSA) is 63.4 Å². The van der Waals surface area contributed by atoms with Gasteiger partial charge in [0.1, 0.15) is 5.75 Å². The van der Waals surface area contributed by atoms with Crippen LogP contribution >= 0.6 is 35.9 Å². The van der Waals surface area contributed by atoms with E-state index in [0.29, 0.717) is 17.1 Å². The van der Waals surface area contributed by atoms with Crippen LogP contribution in [-0.4, -0.2) is 53.2 Å². The Morgan fingerprint density at radius 2 is 2.04 bits per heavy atom. The predicted octanol–water partition coefficient (Wildman–Crippen LogP) is 3.52. The molecule has 0 aliphatic carbocycles. The Morgan fingerprint density at radius 1 is 1.26 bits per heavy atom. The molecule has 3 heterocycles. The Labute approximate surface area is 174 Å². The number of hydrogen-bond donors (Lipinski definition) is 1. The third-order valence-corrected chi connectivity index (χ3v) is 7.65. The molecule has 1 N–H and O–H groups in total. The van der Waals surface area contributed by atoms with E-state index in [1.807, 2.05) is 35.7 Å². The van der Waals surface area contributed by atoms with Crippen molar-refractivity contribution in [3.63, 3.8) is 0 Å². The van der Waals surface area contributed by atoms with E-state index in [1.165, 1.54) is 23.5 Å². The zero-order chi connectivity index (χ0) is 17.8. The number of nitrogens with zero attached hydrogens (tertiary/aromatic N) is 3. The van der Waals surface area contributed by atoms with Crippen LogP contribution < -0.4 is 10.1 Å². The maximum atomic E-state index is 5.82. The third-order valence-electron chi connectivity index (χ3n) is 4.63. The molecule has 1 aromatic heterocycles. The van der Waals surface area contributed by atoms with Crippen LogP contribution in [0.25, 0.3) is 0 Å². The lowest BCUT2D eigenvalue weighted by atomic mass is 10.2. The number of nitrogens with one attached hydrogen (secondary N) is 1. The van der Waals surface area contributed by atoms with Gasteiger partial charge in [0.2, 0.25) is 0 Å². The van der Waals surface area contributed by atoms with Crippen LogP contribution in [0.2, 0.25) is 0 Å². The van der Waals surface area contributed by atoms with E-state index in [1.54, 1.807) is 0 Å². The van der Waals surface area contributed by atoms with Crippen molar-refractivity contribution in [2.45, 2.75) is 23.7 Å². The van der Waals surface area contributed by atoms with Gasteiger partial charge in [0.15, 0.2) is 12.4 Å². The summed E-state index contributed by atoms with van der Waals surface area (Å²) >= 11 is 4.06. The van der Waals surface area contributed by atoms with Crippen LogP contribution in [-0.2, 0) is 6.61 Å². The molecule has 1 unspecified atom stereocenters. The molecule has 0 bridgehead atoms. The van der Waals surface area contributed by atoms with Crippen LogP contribution in [0.4, 0.5) is 0 Å². The predicted molar refractivity (Wildman–Crippen MR) is 113 cm³/mol. The Morgan fingerprint density at radius 3 is 2.78 bits per heavy atom. The van der Waals surface area contributed by atoms with Crippen LogP contribution in [0.15, 0.2) is 28.8 Å². The number of piperazine rings is 1. The lowest BCUT2D eigenvalue weighted by Crippen LogP contribution is -2.44. The van der Waals surface area contributed by atoms with Gasteiger partial charge in [0.05, 0.1) is 10.6 Å². The maximum Gasteiger partial charge on any atom is 0.264 e. The van der Waals surface area contributed by atoms with Crippen molar-refractivity contribution < 1.29 is 9.26 Å². The molecule has 9 heteroatoms. The Bertz CT molecular complexity index is 710. The van der Waals surface area contributed by atoms with E-state index in [0.717, 1.165) is 31.2 Å². The zero-order valence-electron chi connectivity index (χ0n) is 15.3. The molecule has 0 saturated carbocycles. The first-order valence-corrected chi connectivity index (χ1v) is 11.1. The van der Waals surface area contributed by atoms with Gasteiger partial charge in [0, 0.05) is 19.6 Å². The summed E-state index contributed by atoms with van der Waals surface area (Å²) in [5.74, 6) is 4.57. The quantitative estimate of drug-likeness (QED) is 0.776. The van der Waals surface area contributed by atoms with Gasteiger partial charge in [-0.1, -0.05) is 17.3 Å². The van der Waals surface area contributed by atoms with Gasteiger partial charge in [-0.15, -0.1) is 35.9 Å². The summed E-state index contributed by atoms with van der Waals surface area (Å²) in [6, 6.07) is 8.54. The standard InChI is InChI=1S/C18H24N4O2S2.ClH/c1-22-8-7-19-11-15(22)17-20-16(24-21-17)12-23-14-5-3-13(4-6-14)18-25-9-2-10-26-18;/h3-6,15,18-19H,2,7-12H2,1H3;1H. The number of hydrogen-bond acceptors (Lipinski definition) is 8. The number of halogens is 1. The molecule has 2 aliphatic heterocycles. The lowest BCUT2D eigenvalue weighted by Gasteiger charge is -2.30. The fourth-order valence-electron chi connectivity index (χ4n) is 3.10. The van der Waals surface area contributed by atoms with Crippen LogP contribution in [0, 0.1) is 0 Å². The highest BCUT2D eigenvalue weighted by molar-refractivity contribution is 8.16. The summed E-state index contributed by atoms with van der Waals surface area (Å²) in [4.78, 5) is 6.74. The number of likely N-dealkylation sites (N-methyl/N-ethyl adjacent to an activating group) is 1. The first kappa shape index (κ1) is 20.8. The summed E-state index contributed by atoms with van der Waals surface area (Å²) in [7, 11) is 2.09. The highest BCUT2D eigenvalue weighted by Crippen LogP contribution is 2.43. The van der Waals surface area contributed by atoms with Crippen molar-refractivity contribution >= 4 is 35.9 Å². The summed E-state index contributed by atoms with van der Waals surface area (Å²) in [6.45, 7) is 3.11. The summed E-state index contributed by atoms with van der Waals surface area (Å²) in [5, 5.41) is 7.49. The smallest absolute Gasteiger partial charge is 0.264 e. The molecule has 27 heavy (non-hydrogen) atoms. The number of thioether (sulfide) groups is 2. The van der Waals surface area contributed by atoms with E-state index < -0.39 is 0 Å². The minimum Gasteiger partial charge on any atom is -0.484 e. The Hall–Kier alpha value is -0.930. The van der Waals surface area contributed by atoms with Gasteiger partial charge in [-0.3, -0.25) is 4.90 Å². The van der Waals surface area contributed by atoms with Gasteiger partial charge in [0.25, 0.3) is 5.89 Å². The fourth-order valence-corrected chi connectivity index (χ4v) is 6.00. The van der Waals surface area contributed by atoms with Crippen molar-refractivity contribution in [3.8, 4) is 5.75 Å². The minimum absolute atomic E-state index is 0. The van der Waals surface area contributed by atoms with Crippen molar-refractivity contribution in [1.29, 1.82) is 0 Å². The molecule has 2 aliphatic rings. The SMILES string of the molecule is CN1CCNCC1c1noc(COc2ccc(C3SCCCS3)cc2)n1.Cl. The summed E-state index contributed by atoms with van der Waals surface area (Å²) in [6.07, 6.45) is 1.31. The minimum atomic E-state index is 0.